The molecule has 0 radical (unpaired) electrons. The Morgan fingerprint density at radius 1 is 1.56 bits per heavy atom. The van der Waals surface area contributed by atoms with E-state index in [0.29, 0.717) is 12.1 Å². The predicted molar refractivity (Wildman–Crippen MR) is 68.4 cm³/mol. The first-order valence-electron chi connectivity index (χ1n) is 6.93. The Hall–Kier alpha value is -0.650. The fraction of sp³-hybridized carbons (Fsp3) is 0.923. The first-order chi connectivity index (χ1) is 8.76. The summed E-state index contributed by atoms with van der Waals surface area (Å²) in [5.41, 5.74) is 0. The highest BCUT2D eigenvalue weighted by Gasteiger charge is 2.37. The van der Waals surface area contributed by atoms with Crippen molar-refractivity contribution in [1.29, 1.82) is 0 Å². The zero-order valence-corrected chi connectivity index (χ0v) is 11.4. The second kappa shape index (κ2) is 6.50. The van der Waals surface area contributed by atoms with Gasteiger partial charge >= 0.3 is 5.97 Å². The third-order valence-corrected chi connectivity index (χ3v) is 3.95. The molecule has 3 unspecified atom stereocenters. The normalized spacial score (nSPS) is 29.9. The highest BCUT2D eigenvalue weighted by Crippen LogP contribution is 2.29. The summed E-state index contributed by atoms with van der Waals surface area (Å²) in [4.78, 5) is 14.1. The highest BCUT2D eigenvalue weighted by atomic mass is 16.5. The van der Waals surface area contributed by atoms with Crippen molar-refractivity contribution in [2.75, 3.05) is 33.4 Å². The van der Waals surface area contributed by atoms with Crippen LogP contribution in [-0.2, 0) is 14.3 Å². The van der Waals surface area contributed by atoms with Crippen LogP contribution in [0.1, 0.15) is 26.2 Å². The maximum absolute atomic E-state index is 11.7. The number of carbonyl (C=O) groups excluding carboxylic acids is 1. The summed E-state index contributed by atoms with van der Waals surface area (Å²) in [6.07, 6.45) is 3.95. The molecular weight excluding hydrogens is 232 g/mol. The molecule has 0 aromatic carbocycles. The summed E-state index contributed by atoms with van der Waals surface area (Å²) in [5, 5.41) is 3.20. The van der Waals surface area contributed by atoms with Gasteiger partial charge in [-0.25, -0.2) is 0 Å². The number of ether oxygens (including phenoxy) is 2. The SMILES string of the molecule is CCNC(CN1CCOC2CCCC21)C(=O)OC. The average molecular weight is 256 g/mol. The first kappa shape index (κ1) is 13.8. The molecule has 1 aliphatic heterocycles. The van der Waals surface area contributed by atoms with Gasteiger partial charge in [-0.3, -0.25) is 9.69 Å². The molecule has 3 atom stereocenters. The Morgan fingerprint density at radius 3 is 3.11 bits per heavy atom. The third kappa shape index (κ3) is 3.02. The number of morpholine rings is 1. The summed E-state index contributed by atoms with van der Waals surface area (Å²) in [6, 6.07) is 0.268. The number of rotatable bonds is 5. The molecule has 2 rings (SSSR count). The highest BCUT2D eigenvalue weighted by molar-refractivity contribution is 5.75. The van der Waals surface area contributed by atoms with Crippen LogP contribution in [0.3, 0.4) is 0 Å². The molecule has 2 aliphatic rings. The zero-order chi connectivity index (χ0) is 13.0. The van der Waals surface area contributed by atoms with Crippen molar-refractivity contribution in [2.45, 2.75) is 44.4 Å². The Bertz CT molecular complexity index is 285. The van der Waals surface area contributed by atoms with E-state index >= 15 is 0 Å². The lowest BCUT2D eigenvalue weighted by atomic mass is 10.1. The number of carbonyl (C=O) groups is 1. The fourth-order valence-corrected chi connectivity index (χ4v) is 3.08. The molecule has 1 heterocycles. The Kier molecular flexibility index (Phi) is 4.97. The van der Waals surface area contributed by atoms with Crippen molar-refractivity contribution in [2.24, 2.45) is 0 Å². The van der Waals surface area contributed by atoms with Crippen molar-refractivity contribution in [3.8, 4) is 0 Å². The molecular formula is C13H24N2O3. The molecule has 1 saturated heterocycles. The van der Waals surface area contributed by atoms with E-state index in [4.69, 9.17) is 9.47 Å². The molecule has 0 aromatic rings. The summed E-state index contributed by atoms with van der Waals surface area (Å²) in [5.74, 6) is -0.169. The third-order valence-electron chi connectivity index (χ3n) is 3.95. The Balaban J connectivity index is 1.94. The quantitative estimate of drug-likeness (QED) is 0.721. The van der Waals surface area contributed by atoms with Crippen LogP contribution in [0.4, 0.5) is 0 Å². The number of fused-ring (bicyclic) bond motifs is 1. The van der Waals surface area contributed by atoms with Gasteiger partial charge in [-0.1, -0.05) is 6.92 Å². The molecule has 1 N–H and O–H groups in total. The number of nitrogens with zero attached hydrogens (tertiary/aromatic N) is 1. The molecule has 18 heavy (non-hydrogen) atoms. The zero-order valence-electron chi connectivity index (χ0n) is 11.4. The number of methoxy groups -OCH3 is 1. The molecule has 5 heteroatoms. The molecule has 0 bridgehead atoms. The van der Waals surface area contributed by atoms with Crippen LogP contribution < -0.4 is 5.32 Å². The van der Waals surface area contributed by atoms with Gasteiger partial charge in [-0.15, -0.1) is 0 Å². The van der Waals surface area contributed by atoms with Gasteiger partial charge in [0.25, 0.3) is 0 Å². The van der Waals surface area contributed by atoms with Crippen LogP contribution in [0, 0.1) is 0 Å². The van der Waals surface area contributed by atoms with Crippen LogP contribution in [0.15, 0.2) is 0 Å². The van der Waals surface area contributed by atoms with E-state index in [1.807, 2.05) is 6.92 Å². The smallest absolute Gasteiger partial charge is 0.324 e. The van der Waals surface area contributed by atoms with Gasteiger partial charge in [0.15, 0.2) is 0 Å². The van der Waals surface area contributed by atoms with Gasteiger partial charge in [0.1, 0.15) is 6.04 Å². The van der Waals surface area contributed by atoms with E-state index < -0.39 is 0 Å². The molecule has 0 aromatic heterocycles. The monoisotopic (exact) mass is 256 g/mol. The molecule has 2 fully saturated rings. The number of nitrogens with one attached hydrogen (secondary N) is 1. The van der Waals surface area contributed by atoms with Gasteiger partial charge < -0.3 is 14.8 Å². The summed E-state index contributed by atoms with van der Waals surface area (Å²) >= 11 is 0. The second-order valence-electron chi connectivity index (χ2n) is 5.04. The number of hydrogen-bond donors (Lipinski definition) is 1. The molecule has 104 valence electrons. The summed E-state index contributed by atoms with van der Waals surface area (Å²) < 4.78 is 10.6. The first-order valence-corrected chi connectivity index (χ1v) is 6.93. The lowest BCUT2D eigenvalue weighted by Gasteiger charge is -2.39. The van der Waals surface area contributed by atoms with Crippen LogP contribution in [-0.4, -0.2) is 62.4 Å². The molecule has 1 aliphatic carbocycles. The molecule has 1 saturated carbocycles. The average Bonchev–Trinajstić information content (AvgIpc) is 2.86. The Morgan fingerprint density at radius 2 is 2.39 bits per heavy atom. The van der Waals surface area contributed by atoms with Crippen molar-refractivity contribution < 1.29 is 14.3 Å². The van der Waals surface area contributed by atoms with Crippen LogP contribution in [0.25, 0.3) is 0 Å². The van der Waals surface area contributed by atoms with Crippen molar-refractivity contribution >= 4 is 5.97 Å². The molecule has 5 nitrogen and oxygen atoms in total. The summed E-state index contributed by atoms with van der Waals surface area (Å²) in [7, 11) is 1.45. The standard InChI is InChI=1S/C13H24N2O3/c1-3-14-10(13(16)17-2)9-15-7-8-18-12-6-4-5-11(12)15/h10-12,14H,3-9H2,1-2H3. The van der Waals surface area contributed by atoms with E-state index in [1.54, 1.807) is 0 Å². The fourth-order valence-electron chi connectivity index (χ4n) is 3.08. The lowest BCUT2D eigenvalue weighted by Crippen LogP contribution is -2.55. The van der Waals surface area contributed by atoms with Crippen LogP contribution >= 0.6 is 0 Å². The van der Waals surface area contributed by atoms with Gasteiger partial charge in [-0.05, 0) is 25.8 Å². The maximum Gasteiger partial charge on any atom is 0.324 e. The minimum atomic E-state index is -0.223. The maximum atomic E-state index is 11.7. The number of hydrogen-bond acceptors (Lipinski definition) is 5. The number of esters is 1. The van der Waals surface area contributed by atoms with Crippen LogP contribution in [0.5, 0.6) is 0 Å². The lowest BCUT2D eigenvalue weighted by molar-refractivity contribution is -0.144. The van der Waals surface area contributed by atoms with E-state index in [2.05, 4.69) is 10.2 Å². The topological polar surface area (TPSA) is 50.8 Å². The van der Waals surface area contributed by atoms with Crippen molar-refractivity contribution in [1.82, 2.24) is 10.2 Å². The second-order valence-corrected chi connectivity index (χ2v) is 5.04. The van der Waals surface area contributed by atoms with E-state index in [0.717, 1.165) is 32.7 Å². The molecule has 0 amide bonds. The van der Waals surface area contributed by atoms with Crippen molar-refractivity contribution in [3.05, 3.63) is 0 Å². The van der Waals surface area contributed by atoms with Crippen LogP contribution in [0.2, 0.25) is 0 Å². The minimum Gasteiger partial charge on any atom is -0.468 e. The Labute approximate surface area is 109 Å². The van der Waals surface area contributed by atoms with E-state index in [9.17, 15) is 4.79 Å². The van der Waals surface area contributed by atoms with Gasteiger partial charge in [0.2, 0.25) is 0 Å². The predicted octanol–water partition coefficient (Wildman–Crippen LogP) is 0.391. The van der Waals surface area contributed by atoms with E-state index in [1.165, 1.54) is 20.0 Å². The summed E-state index contributed by atoms with van der Waals surface area (Å²) in [6.45, 7) is 5.21. The van der Waals surface area contributed by atoms with E-state index in [-0.39, 0.29) is 12.0 Å². The minimum absolute atomic E-state index is 0.169. The van der Waals surface area contributed by atoms with Gasteiger partial charge in [-0.2, -0.15) is 0 Å². The van der Waals surface area contributed by atoms with Gasteiger partial charge in [0.05, 0.1) is 19.8 Å². The number of likely N-dealkylation sites (N-methyl/N-ethyl adjacent to an activating group) is 1. The molecule has 0 spiro atoms. The van der Waals surface area contributed by atoms with Crippen molar-refractivity contribution in [3.63, 3.8) is 0 Å². The largest absolute Gasteiger partial charge is 0.468 e. The van der Waals surface area contributed by atoms with Gasteiger partial charge in [0, 0.05) is 19.1 Å².